The first kappa shape index (κ1) is 21.3. The second kappa shape index (κ2) is 7.20. The Hall–Kier alpha value is -1.60. The lowest BCUT2D eigenvalue weighted by Crippen LogP contribution is -2.65. The Morgan fingerprint density at radius 2 is 1.55 bits per heavy atom. The van der Waals surface area contributed by atoms with Crippen LogP contribution in [0.1, 0.15) is 71.6 Å². The van der Waals surface area contributed by atoms with E-state index in [0.717, 1.165) is 38.5 Å². The second-order valence-corrected chi connectivity index (χ2v) is 13.4. The monoisotopic (exact) mass is 445 g/mol. The Morgan fingerprint density at radius 3 is 2.13 bits per heavy atom. The molecule has 1 aliphatic heterocycles. The third-order valence-corrected chi connectivity index (χ3v) is 9.98. The highest BCUT2D eigenvalue weighted by molar-refractivity contribution is 7.89. The standard InChI is InChI=1S/C24H35N3O3S/c1-22-12-18-13-23(2,15-22)17-24(14-18,16-22)26-21(28)25-19-6-8-20(9-7-19)31(29,30)27-10-4-3-5-11-27/h6-9,18H,3-5,10-17H2,1-2H3,(H2,25,26,28)/t18?,22-,23+,24?. The van der Waals surface area contributed by atoms with Gasteiger partial charge >= 0.3 is 6.03 Å². The smallest absolute Gasteiger partial charge is 0.319 e. The molecule has 0 radical (unpaired) electrons. The number of hydrogen-bond acceptors (Lipinski definition) is 3. The van der Waals surface area contributed by atoms with Crippen molar-refractivity contribution >= 4 is 21.7 Å². The van der Waals surface area contributed by atoms with E-state index in [2.05, 4.69) is 24.5 Å². The number of sulfonamides is 1. The normalized spacial score (nSPS) is 37.5. The summed E-state index contributed by atoms with van der Waals surface area (Å²) in [5.41, 5.74) is 1.19. The van der Waals surface area contributed by atoms with Crippen LogP contribution >= 0.6 is 0 Å². The van der Waals surface area contributed by atoms with E-state index in [0.29, 0.717) is 40.4 Å². The highest BCUT2D eigenvalue weighted by atomic mass is 32.2. The third kappa shape index (κ3) is 3.99. The van der Waals surface area contributed by atoms with Crippen LogP contribution in [0.15, 0.2) is 29.2 Å². The number of nitrogens with one attached hydrogen (secondary N) is 2. The molecule has 170 valence electrons. The third-order valence-electron chi connectivity index (χ3n) is 8.07. The molecule has 4 atom stereocenters. The summed E-state index contributed by atoms with van der Waals surface area (Å²) in [6.07, 6.45) is 9.98. The van der Waals surface area contributed by atoms with Crippen LogP contribution in [0.2, 0.25) is 0 Å². The van der Waals surface area contributed by atoms with Gasteiger partial charge in [0.2, 0.25) is 10.0 Å². The molecule has 4 bridgehead atoms. The lowest BCUT2D eigenvalue weighted by Gasteiger charge is -2.65. The molecule has 5 aliphatic rings. The summed E-state index contributed by atoms with van der Waals surface area (Å²) in [4.78, 5) is 13.2. The van der Waals surface area contributed by atoms with Gasteiger partial charge in [0.15, 0.2) is 0 Å². The number of amides is 2. The zero-order valence-corrected chi connectivity index (χ0v) is 19.6. The minimum Gasteiger partial charge on any atom is -0.332 e. The van der Waals surface area contributed by atoms with E-state index in [4.69, 9.17) is 0 Å². The van der Waals surface area contributed by atoms with E-state index in [9.17, 15) is 13.2 Å². The first-order chi connectivity index (χ1) is 14.6. The largest absolute Gasteiger partial charge is 0.332 e. The highest BCUT2D eigenvalue weighted by Gasteiger charge is 2.60. The first-order valence-electron chi connectivity index (χ1n) is 11.8. The zero-order valence-electron chi connectivity index (χ0n) is 18.7. The van der Waals surface area contributed by atoms with E-state index in [-0.39, 0.29) is 11.6 Å². The molecule has 4 aliphatic carbocycles. The van der Waals surface area contributed by atoms with E-state index < -0.39 is 10.0 Å². The van der Waals surface area contributed by atoms with Crippen LogP contribution in [0.5, 0.6) is 0 Å². The van der Waals surface area contributed by atoms with Crippen LogP contribution in [0.4, 0.5) is 10.5 Å². The molecular weight excluding hydrogens is 410 g/mol. The van der Waals surface area contributed by atoms with Crippen LogP contribution in [-0.4, -0.2) is 37.4 Å². The minimum absolute atomic E-state index is 0.107. The van der Waals surface area contributed by atoms with Crippen molar-refractivity contribution < 1.29 is 13.2 Å². The quantitative estimate of drug-likeness (QED) is 0.703. The first-order valence-corrected chi connectivity index (χ1v) is 13.2. The molecular formula is C24H35N3O3S. The molecule has 7 heteroatoms. The van der Waals surface area contributed by atoms with Crippen molar-refractivity contribution in [3.05, 3.63) is 24.3 Å². The number of nitrogens with zero attached hydrogens (tertiary/aromatic N) is 1. The molecule has 6 nitrogen and oxygen atoms in total. The van der Waals surface area contributed by atoms with Gasteiger partial charge in [0.1, 0.15) is 0 Å². The van der Waals surface area contributed by atoms with Gasteiger partial charge in [-0.25, -0.2) is 13.2 Å². The molecule has 1 heterocycles. The Morgan fingerprint density at radius 1 is 0.935 bits per heavy atom. The van der Waals surface area contributed by atoms with Crippen LogP contribution < -0.4 is 10.6 Å². The van der Waals surface area contributed by atoms with Gasteiger partial charge in [-0.15, -0.1) is 0 Å². The molecule has 0 aromatic heterocycles. The summed E-state index contributed by atoms with van der Waals surface area (Å²) in [7, 11) is -3.45. The van der Waals surface area contributed by atoms with Crippen LogP contribution in [-0.2, 0) is 10.0 Å². The number of piperidine rings is 1. The fraction of sp³-hybridized carbons (Fsp3) is 0.708. The molecule has 5 fully saturated rings. The molecule has 2 amide bonds. The number of carbonyl (C=O) groups excluding carboxylic acids is 1. The summed E-state index contributed by atoms with van der Waals surface area (Å²) < 4.78 is 27.2. The number of benzene rings is 1. The summed E-state index contributed by atoms with van der Waals surface area (Å²) >= 11 is 0. The maximum absolute atomic E-state index is 12.9. The maximum Gasteiger partial charge on any atom is 0.319 e. The second-order valence-electron chi connectivity index (χ2n) is 11.5. The number of carbonyl (C=O) groups is 1. The predicted molar refractivity (Wildman–Crippen MR) is 121 cm³/mol. The molecule has 2 unspecified atom stereocenters. The van der Waals surface area contributed by atoms with Crippen molar-refractivity contribution in [1.29, 1.82) is 0 Å². The van der Waals surface area contributed by atoms with Gasteiger partial charge < -0.3 is 10.6 Å². The average molecular weight is 446 g/mol. The van der Waals surface area contributed by atoms with E-state index in [1.54, 1.807) is 28.6 Å². The SMILES string of the molecule is C[C@]12CC3CC(NC(=O)Nc4ccc(S(=O)(=O)N5CCCCC5)cc4)(C1)C[C@@](C)(C3)C2. The fourth-order valence-corrected chi connectivity index (χ4v) is 9.47. The Labute approximate surface area is 186 Å². The number of urea groups is 1. The molecule has 1 aromatic rings. The lowest BCUT2D eigenvalue weighted by atomic mass is 9.43. The Kier molecular flexibility index (Phi) is 4.94. The zero-order chi connectivity index (χ0) is 21.9. The van der Waals surface area contributed by atoms with Gasteiger partial charge in [-0.3, -0.25) is 0 Å². The van der Waals surface area contributed by atoms with Gasteiger partial charge in [-0.1, -0.05) is 20.3 Å². The molecule has 6 rings (SSSR count). The number of anilines is 1. The number of rotatable bonds is 4. The van der Waals surface area contributed by atoms with E-state index >= 15 is 0 Å². The fourth-order valence-electron chi connectivity index (χ4n) is 7.95. The Balaban J connectivity index is 1.25. The summed E-state index contributed by atoms with van der Waals surface area (Å²) in [5, 5.41) is 6.29. The molecule has 31 heavy (non-hydrogen) atoms. The van der Waals surface area contributed by atoms with Crippen LogP contribution in [0.25, 0.3) is 0 Å². The Bertz CT molecular complexity index is 950. The molecule has 0 spiro atoms. The average Bonchev–Trinajstić information content (AvgIpc) is 2.65. The minimum atomic E-state index is -3.45. The van der Waals surface area contributed by atoms with Crippen LogP contribution in [0.3, 0.4) is 0 Å². The number of hydrogen-bond donors (Lipinski definition) is 2. The van der Waals surface area contributed by atoms with Crippen molar-refractivity contribution in [2.75, 3.05) is 18.4 Å². The summed E-state index contributed by atoms with van der Waals surface area (Å²) in [5.74, 6) is 0.714. The highest BCUT2D eigenvalue weighted by Crippen LogP contribution is 2.66. The lowest BCUT2D eigenvalue weighted by molar-refractivity contribution is -0.113. The van der Waals surface area contributed by atoms with Crippen molar-refractivity contribution in [1.82, 2.24) is 9.62 Å². The molecule has 1 saturated heterocycles. The van der Waals surface area contributed by atoms with Crippen molar-refractivity contribution in [3.63, 3.8) is 0 Å². The van der Waals surface area contributed by atoms with E-state index in [1.165, 1.54) is 19.3 Å². The summed E-state index contributed by atoms with van der Waals surface area (Å²) in [6.45, 7) is 5.97. The van der Waals surface area contributed by atoms with Gasteiger partial charge in [0, 0.05) is 24.3 Å². The van der Waals surface area contributed by atoms with Crippen LogP contribution in [0, 0.1) is 16.7 Å². The topological polar surface area (TPSA) is 78.5 Å². The van der Waals surface area contributed by atoms with Gasteiger partial charge in [0.05, 0.1) is 4.90 Å². The van der Waals surface area contributed by atoms with Gasteiger partial charge in [-0.2, -0.15) is 4.31 Å². The van der Waals surface area contributed by atoms with Crippen molar-refractivity contribution in [2.45, 2.75) is 82.1 Å². The molecule has 2 N–H and O–H groups in total. The summed E-state index contributed by atoms with van der Waals surface area (Å²) in [6, 6.07) is 6.41. The predicted octanol–water partition coefficient (Wildman–Crippen LogP) is 4.73. The molecule has 4 saturated carbocycles. The van der Waals surface area contributed by atoms with Gasteiger partial charge in [-0.05, 0) is 92.4 Å². The van der Waals surface area contributed by atoms with Crippen molar-refractivity contribution in [2.24, 2.45) is 16.7 Å². The van der Waals surface area contributed by atoms with E-state index in [1.807, 2.05) is 0 Å². The van der Waals surface area contributed by atoms with Gasteiger partial charge in [0.25, 0.3) is 0 Å². The van der Waals surface area contributed by atoms with Crippen molar-refractivity contribution in [3.8, 4) is 0 Å². The molecule has 1 aromatic carbocycles. The maximum atomic E-state index is 12.9.